The van der Waals surface area contributed by atoms with Crippen LogP contribution in [0.3, 0.4) is 0 Å². The van der Waals surface area contributed by atoms with Crippen LogP contribution < -0.4 is 14.2 Å². The summed E-state index contributed by atoms with van der Waals surface area (Å²) in [5, 5.41) is 0. The minimum atomic E-state index is -0.742. The Bertz CT molecular complexity index is 2270. The van der Waals surface area contributed by atoms with E-state index in [-0.39, 0.29) is 31.3 Å². The summed E-state index contributed by atoms with van der Waals surface area (Å²) in [5.74, 6) is 11.0. The molecule has 0 aliphatic heterocycles. The van der Waals surface area contributed by atoms with Crippen LogP contribution in [0.1, 0.15) is 34.7 Å². The lowest BCUT2D eigenvalue weighted by molar-refractivity contribution is -0.145. The Morgan fingerprint density at radius 1 is 0.607 bits per heavy atom. The molecule has 0 radical (unpaired) electrons. The number of hydrogen-bond acceptors (Lipinski definition) is 10. The molecule has 56 heavy (non-hydrogen) atoms. The summed E-state index contributed by atoms with van der Waals surface area (Å²) in [6.07, 6.45) is 5.70. The summed E-state index contributed by atoms with van der Waals surface area (Å²) in [4.78, 5) is 47.1. The van der Waals surface area contributed by atoms with E-state index in [4.69, 9.17) is 28.4 Å². The lowest BCUT2D eigenvalue weighted by atomic mass is 10.0. The van der Waals surface area contributed by atoms with E-state index >= 15 is 0 Å². The van der Waals surface area contributed by atoms with Crippen molar-refractivity contribution in [3.05, 3.63) is 169 Å². The van der Waals surface area contributed by atoms with Gasteiger partial charge in [-0.25, -0.2) is 19.2 Å². The van der Waals surface area contributed by atoms with Crippen LogP contribution in [0.2, 0.25) is 0 Å². The van der Waals surface area contributed by atoms with Gasteiger partial charge in [-0.05, 0) is 84.8 Å². The molecule has 10 heteroatoms. The lowest BCUT2D eigenvalue weighted by Gasteiger charge is -2.11. The van der Waals surface area contributed by atoms with Gasteiger partial charge in [0.05, 0.1) is 11.8 Å². The van der Waals surface area contributed by atoms with Gasteiger partial charge in [0.2, 0.25) is 6.79 Å². The Morgan fingerprint density at radius 3 is 1.75 bits per heavy atom. The van der Waals surface area contributed by atoms with Gasteiger partial charge >= 0.3 is 23.9 Å². The van der Waals surface area contributed by atoms with Crippen LogP contribution >= 0.6 is 0 Å². The Kier molecular flexibility index (Phi) is 15.4. The van der Waals surface area contributed by atoms with Gasteiger partial charge in [0.25, 0.3) is 0 Å². The maximum absolute atomic E-state index is 12.5. The number of hydrogen-bond donors (Lipinski definition) is 0. The fourth-order valence-electron chi connectivity index (χ4n) is 4.48. The van der Waals surface area contributed by atoms with Crippen molar-refractivity contribution in [2.75, 3.05) is 20.0 Å². The van der Waals surface area contributed by atoms with Crippen molar-refractivity contribution in [2.24, 2.45) is 0 Å². The van der Waals surface area contributed by atoms with Crippen LogP contribution in [-0.2, 0) is 33.4 Å². The second kappa shape index (κ2) is 21.0. The van der Waals surface area contributed by atoms with Gasteiger partial charge in [-0.1, -0.05) is 74.3 Å². The first-order valence-electron chi connectivity index (χ1n) is 16.8. The first-order chi connectivity index (χ1) is 27.1. The highest BCUT2D eigenvalue weighted by Gasteiger charge is 2.15. The number of carbonyl (C=O) groups is 4. The molecule has 0 fully saturated rings. The van der Waals surface area contributed by atoms with Crippen LogP contribution in [0, 0.1) is 23.7 Å². The van der Waals surface area contributed by atoms with Crippen LogP contribution in [0.25, 0.3) is 17.2 Å². The second-order valence-electron chi connectivity index (χ2n) is 11.3. The first-order valence-corrected chi connectivity index (χ1v) is 16.8. The zero-order chi connectivity index (χ0) is 40.3. The Hall–Kier alpha value is -7.82. The molecule has 0 N–H and O–H groups in total. The standard InChI is InChI=1S/C46H36O10/c1-6-42(47)52-28-27-41-37(17-11-33-9-15-35(16-10-33)36-21-25-39(26-22-36)51-29-30-53-43(48)7-2)19-20-38(45(41)56-44(49)8-3)18-12-34-13-23-40(24-14-34)54-31-55-46(50)32(4)5/h6-10,13-16,19-28H,1-4,29-31H2,5H3. The van der Waals surface area contributed by atoms with Crippen molar-refractivity contribution in [1.29, 1.82) is 0 Å². The molecular formula is C46H36O10. The summed E-state index contributed by atoms with van der Waals surface area (Å²) in [7, 11) is 0. The van der Waals surface area contributed by atoms with Crippen molar-refractivity contribution in [1.82, 2.24) is 0 Å². The fraction of sp³-hybridized carbons (Fsp3) is 0.0870. The third-order valence-corrected chi connectivity index (χ3v) is 7.29. The van der Waals surface area contributed by atoms with E-state index in [0.29, 0.717) is 39.3 Å². The van der Waals surface area contributed by atoms with E-state index < -0.39 is 23.9 Å². The molecule has 0 bridgehead atoms. The predicted molar refractivity (Wildman–Crippen MR) is 211 cm³/mol. The Morgan fingerprint density at radius 2 is 1.14 bits per heavy atom. The number of carbonyl (C=O) groups excluding carboxylic acids is 4. The molecule has 4 aromatic rings. The molecule has 10 nitrogen and oxygen atoms in total. The molecule has 4 rings (SSSR count). The highest BCUT2D eigenvalue weighted by atomic mass is 16.7. The zero-order valence-corrected chi connectivity index (χ0v) is 30.5. The van der Waals surface area contributed by atoms with E-state index in [1.54, 1.807) is 36.4 Å². The fourth-order valence-corrected chi connectivity index (χ4v) is 4.48. The summed E-state index contributed by atoms with van der Waals surface area (Å²) in [6, 6.07) is 25.2. The maximum Gasteiger partial charge on any atom is 0.335 e. The summed E-state index contributed by atoms with van der Waals surface area (Å²) in [5.41, 5.74) is 4.57. The van der Waals surface area contributed by atoms with Crippen molar-refractivity contribution in [3.8, 4) is 52.1 Å². The van der Waals surface area contributed by atoms with E-state index in [2.05, 4.69) is 50.0 Å². The highest BCUT2D eigenvalue weighted by molar-refractivity contribution is 5.87. The third kappa shape index (κ3) is 12.7. The van der Waals surface area contributed by atoms with Gasteiger partial charge < -0.3 is 28.4 Å². The topological polar surface area (TPSA) is 124 Å². The van der Waals surface area contributed by atoms with Crippen molar-refractivity contribution in [2.45, 2.75) is 6.92 Å². The zero-order valence-electron chi connectivity index (χ0n) is 30.5. The number of benzene rings is 4. The minimum absolute atomic E-state index is 0.0694. The average Bonchev–Trinajstić information content (AvgIpc) is 3.22. The van der Waals surface area contributed by atoms with E-state index in [0.717, 1.165) is 35.6 Å². The van der Waals surface area contributed by atoms with E-state index in [1.165, 1.54) is 13.0 Å². The van der Waals surface area contributed by atoms with Crippen molar-refractivity contribution >= 4 is 30.0 Å². The normalized spacial score (nSPS) is 9.95. The summed E-state index contributed by atoms with van der Waals surface area (Å²) in [6.45, 7) is 15.4. The SMILES string of the molecule is C=CC(=O)OC=Cc1c(C#Cc2ccc(-c3ccc(OCCOC(=O)C=C)cc3)cc2)ccc(C#Cc2ccc(OCOC(=O)C(=C)C)cc2)c1OC(=O)C=C. The van der Waals surface area contributed by atoms with E-state index in [1.807, 2.05) is 48.5 Å². The average molecular weight is 749 g/mol. The number of rotatable bonds is 15. The smallest absolute Gasteiger partial charge is 0.335 e. The van der Waals surface area contributed by atoms with Gasteiger partial charge in [-0.3, -0.25) is 0 Å². The van der Waals surface area contributed by atoms with Crippen LogP contribution in [0.5, 0.6) is 17.2 Å². The molecule has 280 valence electrons. The number of esters is 4. The maximum atomic E-state index is 12.5. The van der Waals surface area contributed by atoms with Gasteiger partial charge in [0, 0.05) is 46.1 Å². The molecular weight excluding hydrogens is 712 g/mol. The van der Waals surface area contributed by atoms with Crippen LogP contribution in [-0.4, -0.2) is 43.9 Å². The minimum Gasteiger partial charge on any atom is -0.490 e. The highest BCUT2D eigenvalue weighted by Crippen LogP contribution is 2.30. The molecule has 0 atom stereocenters. The summed E-state index contributed by atoms with van der Waals surface area (Å²) >= 11 is 0. The van der Waals surface area contributed by atoms with Crippen molar-refractivity contribution in [3.63, 3.8) is 0 Å². The molecule has 0 saturated carbocycles. The lowest BCUT2D eigenvalue weighted by Crippen LogP contribution is -2.10. The first kappa shape index (κ1) is 40.9. The monoisotopic (exact) mass is 748 g/mol. The molecule has 0 aromatic heterocycles. The number of ether oxygens (including phenoxy) is 6. The van der Waals surface area contributed by atoms with Gasteiger partial charge in [0.1, 0.15) is 24.7 Å². The quantitative estimate of drug-likeness (QED) is 0.0176. The van der Waals surface area contributed by atoms with Gasteiger partial charge in [0.15, 0.2) is 5.75 Å². The molecule has 0 spiro atoms. The Balaban J connectivity index is 1.59. The van der Waals surface area contributed by atoms with E-state index in [9.17, 15) is 19.2 Å². The van der Waals surface area contributed by atoms with Gasteiger partial charge in [-0.2, -0.15) is 0 Å². The Labute approximate surface area is 325 Å². The molecule has 0 amide bonds. The molecule has 4 aromatic carbocycles. The molecule has 0 unspecified atom stereocenters. The second-order valence-corrected chi connectivity index (χ2v) is 11.3. The van der Waals surface area contributed by atoms with Crippen LogP contribution in [0.4, 0.5) is 0 Å². The molecule has 0 aliphatic carbocycles. The largest absolute Gasteiger partial charge is 0.490 e. The molecule has 0 heterocycles. The predicted octanol–water partition coefficient (Wildman–Crippen LogP) is 7.51. The third-order valence-electron chi connectivity index (χ3n) is 7.29. The van der Waals surface area contributed by atoms with Crippen molar-refractivity contribution < 1.29 is 47.6 Å². The van der Waals surface area contributed by atoms with Crippen LogP contribution in [0.15, 0.2) is 141 Å². The van der Waals surface area contributed by atoms with Gasteiger partial charge in [-0.15, -0.1) is 0 Å². The molecule has 0 saturated heterocycles. The molecule has 0 aliphatic rings. The summed E-state index contributed by atoms with van der Waals surface area (Å²) < 4.78 is 31.7.